The summed E-state index contributed by atoms with van der Waals surface area (Å²) in [6.07, 6.45) is 0. The van der Waals surface area contributed by atoms with E-state index in [1.165, 1.54) is 16.7 Å². The summed E-state index contributed by atoms with van der Waals surface area (Å²) in [6.45, 7) is 2.41. The molecule has 3 unspecified atom stereocenters. The lowest BCUT2D eigenvalue weighted by atomic mass is 9.83. The fourth-order valence-corrected chi connectivity index (χ4v) is 7.05. The van der Waals surface area contributed by atoms with Crippen LogP contribution >= 0.6 is 23.1 Å². The van der Waals surface area contributed by atoms with E-state index in [1.807, 2.05) is 19.1 Å². The summed E-state index contributed by atoms with van der Waals surface area (Å²) in [4.78, 5) is 44.1. The van der Waals surface area contributed by atoms with Gasteiger partial charge in [0.2, 0.25) is 11.8 Å². The fourth-order valence-electron chi connectivity index (χ4n) is 4.53. The number of thiazole rings is 1. The van der Waals surface area contributed by atoms with Crippen molar-refractivity contribution in [3.05, 3.63) is 62.6 Å². The van der Waals surface area contributed by atoms with E-state index in [-0.39, 0.29) is 16.7 Å². The summed E-state index contributed by atoms with van der Waals surface area (Å²) >= 11 is 2.32. The van der Waals surface area contributed by atoms with Crippen molar-refractivity contribution in [3.63, 3.8) is 0 Å². The zero-order chi connectivity index (χ0) is 24.0. The number of carbonyl (C=O) groups is 2. The molecule has 0 saturated carbocycles. The molecule has 1 N–H and O–H groups in total. The third-order valence-electron chi connectivity index (χ3n) is 6.00. The maximum atomic E-state index is 13.8. The Morgan fingerprint density at radius 3 is 2.38 bits per heavy atom. The van der Waals surface area contributed by atoms with Crippen LogP contribution in [0.25, 0.3) is 0 Å². The van der Waals surface area contributed by atoms with Gasteiger partial charge in [0.15, 0.2) is 11.5 Å². The van der Waals surface area contributed by atoms with Crippen LogP contribution in [-0.2, 0) is 9.59 Å². The average Bonchev–Trinajstić information content (AvgIpc) is 3.34. The molecule has 5 rings (SSSR count). The summed E-state index contributed by atoms with van der Waals surface area (Å²) < 4.78 is 16.3. The van der Waals surface area contributed by atoms with Crippen molar-refractivity contribution >= 4 is 40.6 Å². The van der Waals surface area contributed by atoms with E-state index >= 15 is 0 Å². The van der Waals surface area contributed by atoms with E-state index in [0.717, 1.165) is 21.8 Å². The van der Waals surface area contributed by atoms with Gasteiger partial charge in [-0.3, -0.25) is 14.4 Å². The Balaban J connectivity index is 1.60. The number of aromatic amines is 1. The Labute approximate surface area is 203 Å². The fraction of sp³-hybridized carbons (Fsp3) is 0.292. The molecule has 34 heavy (non-hydrogen) atoms. The molecule has 1 saturated heterocycles. The van der Waals surface area contributed by atoms with Gasteiger partial charge in [0.05, 0.1) is 37.5 Å². The van der Waals surface area contributed by atoms with Crippen LogP contribution in [0.3, 0.4) is 0 Å². The summed E-state index contributed by atoms with van der Waals surface area (Å²) in [5.41, 5.74) is 1.27. The van der Waals surface area contributed by atoms with Crippen LogP contribution in [0.15, 0.2) is 52.3 Å². The summed E-state index contributed by atoms with van der Waals surface area (Å²) in [7, 11) is 3.09. The van der Waals surface area contributed by atoms with Crippen LogP contribution in [0, 0.1) is 5.92 Å². The van der Waals surface area contributed by atoms with Crippen LogP contribution in [0.1, 0.15) is 23.3 Å². The lowest BCUT2D eigenvalue weighted by molar-refractivity contribution is -0.122. The number of hydrogen-bond acceptors (Lipinski definition) is 8. The molecule has 176 valence electrons. The number of rotatable bonds is 6. The quantitative estimate of drug-likeness (QED) is 0.518. The number of aromatic nitrogens is 1. The van der Waals surface area contributed by atoms with Crippen molar-refractivity contribution in [3.8, 4) is 17.2 Å². The number of H-pyrrole nitrogens is 1. The Morgan fingerprint density at radius 2 is 1.71 bits per heavy atom. The predicted molar refractivity (Wildman–Crippen MR) is 130 cm³/mol. The normalized spacial score (nSPS) is 21.3. The first kappa shape index (κ1) is 22.5. The molecule has 3 heterocycles. The molecule has 2 aliphatic heterocycles. The van der Waals surface area contributed by atoms with E-state index in [9.17, 15) is 14.4 Å². The number of methoxy groups -OCH3 is 2. The smallest absolute Gasteiger partial charge is 0.305 e. The van der Waals surface area contributed by atoms with Gasteiger partial charge in [0.25, 0.3) is 0 Å². The van der Waals surface area contributed by atoms with Gasteiger partial charge < -0.3 is 19.2 Å². The Kier molecular flexibility index (Phi) is 5.86. The number of fused-ring (bicyclic) bond motifs is 2. The number of amides is 2. The van der Waals surface area contributed by atoms with Crippen LogP contribution in [-0.4, -0.2) is 42.9 Å². The molecule has 0 aliphatic carbocycles. The number of nitrogens with zero attached hydrogens (tertiary/aromatic N) is 1. The molecule has 0 radical (unpaired) electrons. The minimum absolute atomic E-state index is 0.216. The van der Waals surface area contributed by atoms with Gasteiger partial charge in [-0.2, -0.15) is 0 Å². The molecule has 1 fully saturated rings. The molecule has 3 aromatic rings. The first-order valence-corrected chi connectivity index (χ1v) is 12.4. The third kappa shape index (κ3) is 3.57. The second kappa shape index (κ2) is 8.84. The largest absolute Gasteiger partial charge is 0.494 e. The van der Waals surface area contributed by atoms with Gasteiger partial charge in [-0.05, 0) is 48.9 Å². The standard InChI is InChI=1S/C24H22N2O6S2/c1-4-32-14-8-6-13(7-9-14)26-22(27)18-17(12-5-10-15(30-2)16(11-12)31-3)19-21(25-24(29)34-19)33-20(18)23(26)28/h5-11,17-18,20H,4H2,1-3H3,(H,25,29). The highest BCUT2D eigenvalue weighted by Crippen LogP contribution is 2.53. The Bertz CT molecular complexity index is 1320. The molecule has 0 bridgehead atoms. The van der Waals surface area contributed by atoms with E-state index in [1.54, 1.807) is 44.6 Å². The van der Waals surface area contributed by atoms with Crippen LogP contribution in [0.4, 0.5) is 5.69 Å². The average molecular weight is 499 g/mol. The zero-order valence-electron chi connectivity index (χ0n) is 18.7. The number of ether oxygens (including phenoxy) is 3. The number of imide groups is 1. The minimum Gasteiger partial charge on any atom is -0.494 e. The highest BCUT2D eigenvalue weighted by atomic mass is 32.2. The first-order valence-electron chi connectivity index (χ1n) is 10.7. The minimum atomic E-state index is -0.666. The lowest BCUT2D eigenvalue weighted by Gasteiger charge is -2.30. The summed E-state index contributed by atoms with van der Waals surface area (Å²) in [5, 5.41) is -0.0272. The number of thioether (sulfide) groups is 1. The Morgan fingerprint density at radius 1 is 0.971 bits per heavy atom. The van der Waals surface area contributed by atoms with Crippen LogP contribution < -0.4 is 24.0 Å². The molecule has 3 atom stereocenters. The molecule has 1 aromatic heterocycles. The van der Waals surface area contributed by atoms with Crippen LogP contribution in [0.2, 0.25) is 0 Å². The summed E-state index contributed by atoms with van der Waals surface area (Å²) in [6, 6.07) is 12.3. The molecule has 10 heteroatoms. The molecule has 8 nitrogen and oxygen atoms in total. The monoisotopic (exact) mass is 498 g/mol. The Hall–Kier alpha value is -3.24. The SMILES string of the molecule is CCOc1ccc(N2C(=O)C3Sc4[nH]c(=O)sc4C(c4ccc(OC)c(OC)c4)C3C2=O)cc1. The maximum Gasteiger partial charge on any atom is 0.305 e. The van der Waals surface area contributed by atoms with E-state index in [0.29, 0.717) is 34.6 Å². The molecule has 0 spiro atoms. The maximum absolute atomic E-state index is 13.8. The van der Waals surface area contributed by atoms with Crippen LogP contribution in [0.5, 0.6) is 17.2 Å². The van der Waals surface area contributed by atoms with Gasteiger partial charge >= 0.3 is 4.87 Å². The summed E-state index contributed by atoms with van der Waals surface area (Å²) in [5.74, 6) is 0.000280. The van der Waals surface area contributed by atoms with Gasteiger partial charge in [-0.15, -0.1) is 0 Å². The van der Waals surface area contributed by atoms with Crippen molar-refractivity contribution in [2.24, 2.45) is 5.92 Å². The molecular formula is C24H22N2O6S2. The third-order valence-corrected chi connectivity index (χ3v) is 8.40. The molecular weight excluding hydrogens is 476 g/mol. The van der Waals surface area contributed by atoms with Crippen molar-refractivity contribution < 1.29 is 23.8 Å². The van der Waals surface area contributed by atoms with Crippen molar-refractivity contribution in [2.75, 3.05) is 25.7 Å². The van der Waals surface area contributed by atoms with E-state index in [2.05, 4.69) is 4.98 Å². The van der Waals surface area contributed by atoms with E-state index in [4.69, 9.17) is 14.2 Å². The highest BCUT2D eigenvalue weighted by Gasteiger charge is 2.56. The van der Waals surface area contributed by atoms with Gasteiger partial charge in [0.1, 0.15) is 11.0 Å². The van der Waals surface area contributed by atoms with Crippen molar-refractivity contribution in [1.29, 1.82) is 0 Å². The number of hydrogen-bond donors (Lipinski definition) is 1. The van der Waals surface area contributed by atoms with Gasteiger partial charge in [0, 0.05) is 10.8 Å². The first-order chi connectivity index (χ1) is 16.5. The second-order valence-electron chi connectivity index (χ2n) is 7.80. The van der Waals surface area contributed by atoms with Crippen molar-refractivity contribution in [2.45, 2.75) is 23.1 Å². The van der Waals surface area contributed by atoms with Gasteiger partial charge in [-0.25, -0.2) is 4.90 Å². The van der Waals surface area contributed by atoms with Gasteiger partial charge in [-0.1, -0.05) is 29.2 Å². The number of nitrogens with one attached hydrogen (secondary N) is 1. The zero-order valence-corrected chi connectivity index (χ0v) is 20.3. The predicted octanol–water partition coefficient (Wildman–Crippen LogP) is 3.65. The molecule has 2 amide bonds. The molecule has 2 aliphatic rings. The highest BCUT2D eigenvalue weighted by molar-refractivity contribution is 8.00. The van der Waals surface area contributed by atoms with Crippen molar-refractivity contribution in [1.82, 2.24) is 4.98 Å². The second-order valence-corrected chi connectivity index (χ2v) is 9.97. The lowest BCUT2D eigenvalue weighted by Crippen LogP contribution is -2.32. The number of anilines is 1. The number of benzene rings is 2. The van der Waals surface area contributed by atoms with E-state index < -0.39 is 17.1 Å². The topological polar surface area (TPSA) is 97.9 Å². The number of carbonyl (C=O) groups excluding carboxylic acids is 2. The molecule has 2 aromatic carbocycles.